The summed E-state index contributed by atoms with van der Waals surface area (Å²) in [6, 6.07) is 15.5. The van der Waals surface area contributed by atoms with Gasteiger partial charge in [-0.1, -0.05) is 41.9 Å². The molecule has 0 saturated carbocycles. The van der Waals surface area contributed by atoms with Gasteiger partial charge in [-0.2, -0.15) is 0 Å². The zero-order valence-electron chi connectivity index (χ0n) is 14.1. The van der Waals surface area contributed by atoms with Crippen LogP contribution in [0.5, 0.6) is 5.75 Å². The van der Waals surface area contributed by atoms with E-state index in [0.717, 1.165) is 22.8 Å². The van der Waals surface area contributed by atoms with Gasteiger partial charge >= 0.3 is 0 Å². The molecule has 0 bridgehead atoms. The minimum atomic E-state index is 0.0121. The fourth-order valence-corrected chi connectivity index (χ4v) is 2.61. The summed E-state index contributed by atoms with van der Waals surface area (Å²) in [6.07, 6.45) is 0.796. The lowest BCUT2D eigenvalue weighted by molar-refractivity contribution is -0.122. The van der Waals surface area contributed by atoms with Crippen molar-refractivity contribution in [1.82, 2.24) is 10.2 Å². The van der Waals surface area contributed by atoms with E-state index >= 15 is 0 Å². The van der Waals surface area contributed by atoms with Crippen molar-refractivity contribution in [3.8, 4) is 5.75 Å². The number of likely N-dealkylation sites (N-methyl/N-ethyl adjacent to an activating group) is 1. The Bertz CT molecular complexity index is 659. The van der Waals surface area contributed by atoms with E-state index in [1.165, 1.54) is 5.56 Å². The number of amides is 1. The molecule has 1 N–H and O–H groups in total. The van der Waals surface area contributed by atoms with Crippen molar-refractivity contribution in [2.45, 2.75) is 13.0 Å². The number of hydrogen-bond acceptors (Lipinski definition) is 3. The lowest BCUT2D eigenvalue weighted by Crippen LogP contribution is -2.35. The molecule has 2 aromatic carbocycles. The number of rotatable bonds is 8. The molecule has 24 heavy (non-hydrogen) atoms. The summed E-state index contributed by atoms with van der Waals surface area (Å²) in [5, 5.41) is 3.67. The molecule has 128 valence electrons. The van der Waals surface area contributed by atoms with Gasteiger partial charge in [-0.25, -0.2) is 0 Å². The van der Waals surface area contributed by atoms with Crippen molar-refractivity contribution in [3.63, 3.8) is 0 Å². The van der Waals surface area contributed by atoms with Gasteiger partial charge in [0.1, 0.15) is 5.75 Å². The third kappa shape index (κ3) is 5.87. The highest BCUT2D eigenvalue weighted by atomic mass is 35.5. The van der Waals surface area contributed by atoms with Crippen LogP contribution in [0, 0.1) is 0 Å². The molecule has 0 aliphatic heterocycles. The minimum absolute atomic E-state index is 0.0121. The number of nitrogens with zero attached hydrogens (tertiary/aromatic N) is 1. The SMILES string of the molecule is COc1ccc(CCNC(=O)CN(C)Cc2ccccc2Cl)cc1. The van der Waals surface area contributed by atoms with Crippen LogP contribution in [0.3, 0.4) is 0 Å². The third-order valence-electron chi connectivity index (χ3n) is 3.71. The molecule has 0 unspecified atom stereocenters. The van der Waals surface area contributed by atoms with E-state index in [-0.39, 0.29) is 5.91 Å². The Morgan fingerprint density at radius 2 is 1.88 bits per heavy atom. The molecule has 2 rings (SSSR count). The summed E-state index contributed by atoms with van der Waals surface area (Å²) < 4.78 is 5.13. The van der Waals surface area contributed by atoms with E-state index in [1.54, 1.807) is 7.11 Å². The third-order valence-corrected chi connectivity index (χ3v) is 4.08. The van der Waals surface area contributed by atoms with Gasteiger partial charge in [-0.05, 0) is 42.8 Å². The molecule has 0 heterocycles. The van der Waals surface area contributed by atoms with Gasteiger partial charge in [0.15, 0.2) is 0 Å². The van der Waals surface area contributed by atoms with Gasteiger partial charge in [0.05, 0.1) is 13.7 Å². The van der Waals surface area contributed by atoms with Crippen LogP contribution in [0.15, 0.2) is 48.5 Å². The summed E-state index contributed by atoms with van der Waals surface area (Å²) >= 11 is 6.14. The number of nitrogens with one attached hydrogen (secondary N) is 1. The first-order valence-electron chi connectivity index (χ1n) is 7.90. The molecule has 5 heteroatoms. The maximum absolute atomic E-state index is 12.0. The minimum Gasteiger partial charge on any atom is -0.497 e. The van der Waals surface area contributed by atoms with Crippen LogP contribution in [0.4, 0.5) is 0 Å². The Balaban J connectivity index is 1.71. The smallest absolute Gasteiger partial charge is 0.234 e. The van der Waals surface area contributed by atoms with Crippen molar-refractivity contribution in [2.75, 3.05) is 27.2 Å². The second-order valence-electron chi connectivity index (χ2n) is 5.71. The van der Waals surface area contributed by atoms with E-state index in [2.05, 4.69) is 5.32 Å². The van der Waals surface area contributed by atoms with Crippen LogP contribution >= 0.6 is 11.6 Å². The van der Waals surface area contributed by atoms with Gasteiger partial charge in [0.25, 0.3) is 0 Å². The number of methoxy groups -OCH3 is 1. The molecule has 4 nitrogen and oxygen atoms in total. The Morgan fingerprint density at radius 3 is 2.54 bits per heavy atom. The maximum atomic E-state index is 12.0. The van der Waals surface area contributed by atoms with Gasteiger partial charge in [0, 0.05) is 18.1 Å². The van der Waals surface area contributed by atoms with E-state index < -0.39 is 0 Å². The van der Waals surface area contributed by atoms with Crippen LogP contribution in [0.2, 0.25) is 5.02 Å². The molecule has 2 aromatic rings. The summed E-state index contributed by atoms with van der Waals surface area (Å²) in [7, 11) is 3.56. The molecular weight excluding hydrogens is 324 g/mol. The molecule has 0 aliphatic rings. The van der Waals surface area contributed by atoms with Crippen LogP contribution in [0.1, 0.15) is 11.1 Å². The molecular formula is C19H23ClN2O2. The number of hydrogen-bond donors (Lipinski definition) is 1. The van der Waals surface area contributed by atoms with Crippen LogP contribution in [0.25, 0.3) is 0 Å². The molecule has 0 aliphatic carbocycles. The van der Waals surface area contributed by atoms with Gasteiger partial charge in [0.2, 0.25) is 5.91 Å². The molecule has 0 spiro atoms. The number of ether oxygens (including phenoxy) is 1. The van der Waals surface area contributed by atoms with Gasteiger partial charge < -0.3 is 10.1 Å². The molecule has 0 radical (unpaired) electrons. The van der Waals surface area contributed by atoms with Crippen molar-refractivity contribution in [3.05, 3.63) is 64.7 Å². The van der Waals surface area contributed by atoms with Gasteiger partial charge in [-0.15, -0.1) is 0 Å². The molecule has 0 fully saturated rings. The fourth-order valence-electron chi connectivity index (χ4n) is 2.41. The lowest BCUT2D eigenvalue weighted by atomic mass is 10.1. The van der Waals surface area contributed by atoms with Crippen molar-refractivity contribution in [1.29, 1.82) is 0 Å². The van der Waals surface area contributed by atoms with Crippen LogP contribution in [-0.2, 0) is 17.8 Å². The summed E-state index contributed by atoms with van der Waals surface area (Å²) in [5.74, 6) is 0.849. The standard InChI is InChI=1S/C19H23ClN2O2/c1-22(13-16-5-3-4-6-18(16)20)14-19(23)21-12-11-15-7-9-17(24-2)10-8-15/h3-10H,11-14H2,1-2H3,(H,21,23). The highest BCUT2D eigenvalue weighted by Crippen LogP contribution is 2.16. The number of carbonyl (C=O) groups is 1. The van der Waals surface area contributed by atoms with Gasteiger partial charge in [-0.3, -0.25) is 9.69 Å². The Labute approximate surface area is 148 Å². The van der Waals surface area contributed by atoms with Crippen LogP contribution < -0.4 is 10.1 Å². The topological polar surface area (TPSA) is 41.6 Å². The first-order valence-corrected chi connectivity index (χ1v) is 8.28. The predicted molar refractivity (Wildman–Crippen MR) is 97.5 cm³/mol. The van der Waals surface area contributed by atoms with E-state index in [1.807, 2.05) is 60.5 Å². The quantitative estimate of drug-likeness (QED) is 0.798. The van der Waals surface area contributed by atoms with Crippen LogP contribution in [-0.4, -0.2) is 38.1 Å². The Kier molecular flexibility index (Phi) is 7.09. The number of benzene rings is 2. The lowest BCUT2D eigenvalue weighted by Gasteiger charge is -2.17. The highest BCUT2D eigenvalue weighted by molar-refractivity contribution is 6.31. The first kappa shape index (κ1) is 18.3. The second-order valence-corrected chi connectivity index (χ2v) is 6.12. The molecule has 0 saturated heterocycles. The molecule has 0 atom stereocenters. The summed E-state index contributed by atoms with van der Waals surface area (Å²) in [4.78, 5) is 14.0. The van der Waals surface area contributed by atoms with E-state index in [0.29, 0.717) is 19.6 Å². The zero-order chi connectivity index (χ0) is 17.4. The first-order chi connectivity index (χ1) is 11.6. The van der Waals surface area contributed by atoms with E-state index in [9.17, 15) is 4.79 Å². The predicted octanol–water partition coefficient (Wildman–Crippen LogP) is 3.14. The number of carbonyl (C=O) groups excluding carboxylic acids is 1. The number of halogens is 1. The second kappa shape index (κ2) is 9.30. The molecule has 1 amide bonds. The zero-order valence-corrected chi connectivity index (χ0v) is 14.8. The summed E-state index contributed by atoms with van der Waals surface area (Å²) in [6.45, 7) is 1.60. The largest absolute Gasteiger partial charge is 0.497 e. The van der Waals surface area contributed by atoms with Crippen molar-refractivity contribution < 1.29 is 9.53 Å². The fraction of sp³-hybridized carbons (Fsp3) is 0.316. The average molecular weight is 347 g/mol. The van der Waals surface area contributed by atoms with E-state index in [4.69, 9.17) is 16.3 Å². The maximum Gasteiger partial charge on any atom is 0.234 e. The highest BCUT2D eigenvalue weighted by Gasteiger charge is 2.08. The van der Waals surface area contributed by atoms with Crippen molar-refractivity contribution in [2.24, 2.45) is 0 Å². The average Bonchev–Trinajstić information content (AvgIpc) is 2.57. The summed E-state index contributed by atoms with van der Waals surface area (Å²) in [5.41, 5.74) is 2.19. The molecule has 0 aromatic heterocycles. The normalized spacial score (nSPS) is 10.7. The Morgan fingerprint density at radius 1 is 1.17 bits per heavy atom. The van der Waals surface area contributed by atoms with Crippen molar-refractivity contribution >= 4 is 17.5 Å². The monoisotopic (exact) mass is 346 g/mol. The Hall–Kier alpha value is -2.04.